The summed E-state index contributed by atoms with van der Waals surface area (Å²) < 4.78 is 0. The van der Waals surface area contributed by atoms with Crippen LogP contribution in [-0.2, 0) is 0 Å². The fourth-order valence-electron chi connectivity index (χ4n) is 1.50. The second-order valence-corrected chi connectivity index (χ2v) is 3.20. The number of aromatic nitrogens is 1. The molecule has 0 saturated heterocycles. The van der Waals surface area contributed by atoms with Gasteiger partial charge in [0.25, 0.3) is 0 Å². The zero-order chi connectivity index (χ0) is 9.97. The van der Waals surface area contributed by atoms with Crippen LogP contribution < -0.4 is 0 Å². The maximum Gasteiger partial charge on any atom is 0.102 e. The number of nitrogens with one attached hydrogen (secondary N) is 1. The van der Waals surface area contributed by atoms with Gasteiger partial charge in [-0.25, -0.2) is 0 Å². The first-order valence-corrected chi connectivity index (χ1v) is 4.46. The van der Waals surface area contributed by atoms with E-state index < -0.39 is 0 Å². The summed E-state index contributed by atoms with van der Waals surface area (Å²) in [6.07, 6.45) is 1.86. The second kappa shape index (κ2) is 3.39. The molecule has 14 heavy (non-hydrogen) atoms. The van der Waals surface area contributed by atoms with Crippen molar-refractivity contribution in [3.8, 4) is 17.3 Å². The van der Waals surface area contributed by atoms with Crippen molar-refractivity contribution in [1.82, 2.24) is 4.98 Å². The molecule has 0 fully saturated rings. The molecule has 2 rings (SSSR count). The maximum absolute atomic E-state index is 8.98. The SMILES string of the molecule is Cc1c[nH]c(-c2ccccc2)c1C#N. The molecule has 2 aromatic rings. The van der Waals surface area contributed by atoms with Crippen LogP contribution in [0.4, 0.5) is 0 Å². The molecule has 0 aliphatic rings. The minimum atomic E-state index is 0.733. The largest absolute Gasteiger partial charge is 0.360 e. The van der Waals surface area contributed by atoms with E-state index in [9.17, 15) is 0 Å². The van der Waals surface area contributed by atoms with Gasteiger partial charge in [0.15, 0.2) is 0 Å². The van der Waals surface area contributed by atoms with Gasteiger partial charge in [-0.1, -0.05) is 30.3 Å². The molecule has 1 heterocycles. The van der Waals surface area contributed by atoms with Crippen molar-refractivity contribution in [1.29, 1.82) is 5.26 Å². The summed E-state index contributed by atoms with van der Waals surface area (Å²) in [6, 6.07) is 12.1. The van der Waals surface area contributed by atoms with Crippen LogP contribution in [0.3, 0.4) is 0 Å². The Labute approximate surface area is 82.8 Å². The van der Waals surface area contributed by atoms with Crippen LogP contribution in [0.5, 0.6) is 0 Å². The summed E-state index contributed by atoms with van der Waals surface area (Å²) in [5, 5.41) is 8.98. The van der Waals surface area contributed by atoms with Crippen molar-refractivity contribution in [2.24, 2.45) is 0 Å². The number of benzene rings is 1. The molecule has 0 atom stereocenters. The van der Waals surface area contributed by atoms with Crippen LogP contribution in [0.25, 0.3) is 11.3 Å². The maximum atomic E-state index is 8.98. The second-order valence-electron chi connectivity index (χ2n) is 3.20. The van der Waals surface area contributed by atoms with E-state index in [2.05, 4.69) is 11.1 Å². The Balaban J connectivity index is 2.59. The van der Waals surface area contributed by atoms with Gasteiger partial charge in [0.2, 0.25) is 0 Å². The molecule has 0 radical (unpaired) electrons. The van der Waals surface area contributed by atoms with Gasteiger partial charge in [0.1, 0.15) is 6.07 Å². The molecule has 0 aliphatic heterocycles. The number of aromatic amines is 1. The Morgan fingerprint density at radius 1 is 1.21 bits per heavy atom. The summed E-state index contributed by atoms with van der Waals surface area (Å²) in [5.74, 6) is 0. The smallest absolute Gasteiger partial charge is 0.102 e. The average Bonchev–Trinajstić information content (AvgIpc) is 2.61. The van der Waals surface area contributed by atoms with Gasteiger partial charge in [-0.15, -0.1) is 0 Å². The van der Waals surface area contributed by atoms with E-state index in [0.29, 0.717) is 0 Å². The number of nitrogens with zero attached hydrogens (tertiary/aromatic N) is 1. The van der Waals surface area contributed by atoms with Gasteiger partial charge in [0.05, 0.1) is 11.3 Å². The lowest BCUT2D eigenvalue weighted by molar-refractivity contribution is 1.38. The Kier molecular flexibility index (Phi) is 2.08. The van der Waals surface area contributed by atoms with Crippen molar-refractivity contribution in [2.75, 3.05) is 0 Å². The standard InChI is InChI=1S/C12H10N2/c1-9-8-14-12(11(9)7-13)10-5-3-2-4-6-10/h2-6,8,14H,1H3. The first-order valence-electron chi connectivity index (χ1n) is 4.46. The molecule has 0 saturated carbocycles. The molecule has 0 aliphatic carbocycles. The van der Waals surface area contributed by atoms with E-state index in [1.54, 1.807) is 0 Å². The molecule has 0 bridgehead atoms. The zero-order valence-electron chi connectivity index (χ0n) is 7.91. The normalized spacial score (nSPS) is 9.71. The van der Waals surface area contributed by atoms with Gasteiger partial charge >= 0.3 is 0 Å². The van der Waals surface area contributed by atoms with E-state index in [0.717, 1.165) is 22.4 Å². The highest BCUT2D eigenvalue weighted by atomic mass is 14.7. The molecule has 0 unspecified atom stereocenters. The van der Waals surface area contributed by atoms with Gasteiger partial charge in [-0.2, -0.15) is 5.26 Å². The highest BCUT2D eigenvalue weighted by Gasteiger charge is 2.08. The number of hydrogen-bond acceptors (Lipinski definition) is 1. The van der Waals surface area contributed by atoms with Gasteiger partial charge in [-0.05, 0) is 18.1 Å². The first-order chi connectivity index (χ1) is 6.83. The number of hydrogen-bond donors (Lipinski definition) is 1. The summed E-state index contributed by atoms with van der Waals surface area (Å²) in [4.78, 5) is 3.12. The first kappa shape index (κ1) is 8.58. The van der Waals surface area contributed by atoms with E-state index >= 15 is 0 Å². The molecule has 2 nitrogen and oxygen atoms in total. The predicted molar refractivity (Wildman–Crippen MR) is 55.7 cm³/mol. The minimum Gasteiger partial charge on any atom is -0.360 e. The topological polar surface area (TPSA) is 39.6 Å². The van der Waals surface area contributed by atoms with Crippen LogP contribution in [0.2, 0.25) is 0 Å². The van der Waals surface area contributed by atoms with Gasteiger partial charge in [0, 0.05) is 6.20 Å². The predicted octanol–water partition coefficient (Wildman–Crippen LogP) is 2.86. The molecule has 2 heteroatoms. The summed E-state index contributed by atoms with van der Waals surface area (Å²) in [7, 11) is 0. The fraction of sp³-hybridized carbons (Fsp3) is 0.0833. The molecular formula is C12H10N2. The zero-order valence-corrected chi connectivity index (χ0v) is 7.91. The summed E-state index contributed by atoms with van der Waals surface area (Å²) >= 11 is 0. The van der Waals surface area contributed by atoms with E-state index in [4.69, 9.17) is 5.26 Å². The number of nitriles is 1. The Morgan fingerprint density at radius 3 is 2.57 bits per heavy atom. The molecule has 1 aromatic carbocycles. The highest BCUT2D eigenvalue weighted by molar-refractivity contribution is 5.68. The molecule has 68 valence electrons. The lowest BCUT2D eigenvalue weighted by Gasteiger charge is -1.97. The van der Waals surface area contributed by atoms with E-state index in [1.807, 2.05) is 43.5 Å². The van der Waals surface area contributed by atoms with Crippen LogP contribution in [0.15, 0.2) is 36.5 Å². The third-order valence-corrected chi connectivity index (χ3v) is 2.25. The van der Waals surface area contributed by atoms with Crippen molar-refractivity contribution in [2.45, 2.75) is 6.92 Å². The fourth-order valence-corrected chi connectivity index (χ4v) is 1.50. The molecule has 0 amide bonds. The number of aryl methyl sites for hydroxylation is 1. The van der Waals surface area contributed by atoms with Crippen LogP contribution in [0.1, 0.15) is 11.1 Å². The average molecular weight is 182 g/mol. The van der Waals surface area contributed by atoms with E-state index in [-0.39, 0.29) is 0 Å². The highest BCUT2D eigenvalue weighted by Crippen LogP contribution is 2.23. The van der Waals surface area contributed by atoms with Crippen molar-refractivity contribution >= 4 is 0 Å². The van der Waals surface area contributed by atoms with Crippen LogP contribution >= 0.6 is 0 Å². The summed E-state index contributed by atoms with van der Waals surface area (Å²) in [5.41, 5.74) is 3.69. The van der Waals surface area contributed by atoms with Crippen LogP contribution in [-0.4, -0.2) is 4.98 Å². The van der Waals surface area contributed by atoms with E-state index in [1.165, 1.54) is 0 Å². The molecule has 1 aromatic heterocycles. The van der Waals surface area contributed by atoms with Crippen molar-refractivity contribution < 1.29 is 0 Å². The molecule has 1 N–H and O–H groups in total. The Hall–Kier alpha value is -2.01. The third kappa shape index (κ3) is 1.29. The third-order valence-electron chi connectivity index (χ3n) is 2.25. The molecule has 0 spiro atoms. The number of H-pyrrole nitrogens is 1. The Bertz CT molecular complexity index is 475. The van der Waals surface area contributed by atoms with Crippen LogP contribution in [0, 0.1) is 18.3 Å². The van der Waals surface area contributed by atoms with Crippen molar-refractivity contribution in [3.05, 3.63) is 47.7 Å². The van der Waals surface area contributed by atoms with Gasteiger partial charge in [-0.3, -0.25) is 0 Å². The lowest BCUT2D eigenvalue weighted by Crippen LogP contribution is -1.81. The monoisotopic (exact) mass is 182 g/mol. The lowest BCUT2D eigenvalue weighted by atomic mass is 10.1. The van der Waals surface area contributed by atoms with Gasteiger partial charge < -0.3 is 4.98 Å². The minimum absolute atomic E-state index is 0.733. The number of rotatable bonds is 1. The summed E-state index contributed by atoms with van der Waals surface area (Å²) in [6.45, 7) is 1.93. The quantitative estimate of drug-likeness (QED) is 0.723. The Morgan fingerprint density at radius 2 is 1.93 bits per heavy atom. The molecular weight excluding hydrogens is 172 g/mol. The van der Waals surface area contributed by atoms with Crippen molar-refractivity contribution in [3.63, 3.8) is 0 Å².